The third-order valence-corrected chi connectivity index (χ3v) is 6.90. The zero-order chi connectivity index (χ0) is 21.2. The summed E-state index contributed by atoms with van der Waals surface area (Å²) >= 11 is 0. The minimum atomic E-state index is -3.15. The van der Waals surface area contributed by atoms with E-state index in [-0.39, 0.29) is 22.8 Å². The first-order valence-electron chi connectivity index (χ1n) is 9.58. The maximum absolute atomic E-state index is 13.9. The Bertz CT molecular complexity index is 1030. The lowest BCUT2D eigenvalue weighted by Gasteiger charge is -2.28. The van der Waals surface area contributed by atoms with Gasteiger partial charge in [-0.3, -0.25) is 4.79 Å². The van der Waals surface area contributed by atoms with Crippen LogP contribution in [0.15, 0.2) is 22.6 Å². The van der Waals surface area contributed by atoms with Gasteiger partial charge in [0.05, 0.1) is 11.5 Å². The van der Waals surface area contributed by atoms with E-state index < -0.39 is 40.2 Å². The van der Waals surface area contributed by atoms with Crippen molar-refractivity contribution in [3.63, 3.8) is 0 Å². The zero-order valence-corrected chi connectivity index (χ0v) is 17.3. The molecule has 29 heavy (non-hydrogen) atoms. The van der Waals surface area contributed by atoms with Crippen molar-refractivity contribution in [2.45, 2.75) is 39.2 Å². The van der Waals surface area contributed by atoms with Crippen LogP contribution in [0, 0.1) is 12.7 Å². The molecule has 158 valence electrons. The normalized spacial score (nSPS) is 18.1. The molecule has 0 bridgehead atoms. The van der Waals surface area contributed by atoms with Crippen molar-refractivity contribution < 1.29 is 31.6 Å². The van der Waals surface area contributed by atoms with Gasteiger partial charge in [-0.2, -0.15) is 0 Å². The fourth-order valence-corrected chi connectivity index (χ4v) is 5.27. The van der Waals surface area contributed by atoms with Gasteiger partial charge >= 0.3 is 5.97 Å². The van der Waals surface area contributed by atoms with E-state index in [1.807, 2.05) is 6.92 Å². The average Bonchev–Trinajstić information content (AvgIpc) is 3.21. The number of fused-ring (bicyclic) bond motifs is 1. The van der Waals surface area contributed by atoms with E-state index in [2.05, 4.69) is 0 Å². The molecule has 2 aromatic rings. The van der Waals surface area contributed by atoms with Crippen LogP contribution in [0.3, 0.4) is 0 Å². The van der Waals surface area contributed by atoms with Gasteiger partial charge in [0.25, 0.3) is 5.91 Å². The molecule has 0 radical (unpaired) electrons. The van der Waals surface area contributed by atoms with Gasteiger partial charge in [-0.05, 0) is 25.8 Å². The second kappa shape index (κ2) is 8.52. The first-order valence-corrected chi connectivity index (χ1v) is 11.4. The summed E-state index contributed by atoms with van der Waals surface area (Å²) in [5, 5.41) is 0.462. The smallest absolute Gasteiger partial charge is 0.375 e. The van der Waals surface area contributed by atoms with E-state index in [1.165, 1.54) is 17.0 Å². The minimum absolute atomic E-state index is 0.0380. The van der Waals surface area contributed by atoms with E-state index >= 15 is 0 Å². The second-order valence-corrected chi connectivity index (χ2v) is 9.48. The third kappa shape index (κ3) is 4.60. The Morgan fingerprint density at radius 1 is 1.34 bits per heavy atom. The van der Waals surface area contributed by atoms with Gasteiger partial charge in [0, 0.05) is 23.5 Å². The molecule has 0 aliphatic carbocycles. The second-order valence-electron chi connectivity index (χ2n) is 7.25. The van der Waals surface area contributed by atoms with Crippen LogP contribution in [0.4, 0.5) is 4.39 Å². The van der Waals surface area contributed by atoms with Crippen LogP contribution in [0.5, 0.6) is 0 Å². The van der Waals surface area contributed by atoms with Crippen molar-refractivity contribution >= 4 is 32.7 Å². The fraction of sp³-hybridized carbons (Fsp3) is 0.500. The van der Waals surface area contributed by atoms with E-state index in [9.17, 15) is 22.4 Å². The molecule has 1 aromatic carbocycles. The first kappa shape index (κ1) is 21.3. The summed E-state index contributed by atoms with van der Waals surface area (Å²) in [6.45, 7) is 3.46. The molecule has 1 atom stereocenters. The number of halogens is 1. The summed E-state index contributed by atoms with van der Waals surface area (Å²) in [6.07, 6.45) is 1.94. The summed E-state index contributed by atoms with van der Waals surface area (Å²) in [7, 11) is -3.15. The summed E-state index contributed by atoms with van der Waals surface area (Å²) in [5.74, 6) is -2.07. The quantitative estimate of drug-likeness (QED) is 0.633. The third-order valence-electron chi connectivity index (χ3n) is 5.15. The van der Waals surface area contributed by atoms with Crippen molar-refractivity contribution in [1.29, 1.82) is 0 Å². The van der Waals surface area contributed by atoms with E-state index in [0.717, 1.165) is 12.8 Å². The molecule has 1 unspecified atom stereocenters. The monoisotopic (exact) mass is 425 g/mol. The van der Waals surface area contributed by atoms with Crippen LogP contribution in [0.2, 0.25) is 0 Å². The van der Waals surface area contributed by atoms with Crippen LogP contribution >= 0.6 is 0 Å². The lowest BCUT2D eigenvalue weighted by Crippen LogP contribution is -2.43. The number of ether oxygens (including phenoxy) is 1. The van der Waals surface area contributed by atoms with Crippen LogP contribution in [0.1, 0.15) is 42.3 Å². The number of benzene rings is 1. The molecular weight excluding hydrogens is 401 g/mol. The number of hydrogen-bond donors (Lipinski definition) is 0. The number of sulfone groups is 1. The molecule has 0 saturated carbocycles. The molecule has 3 rings (SSSR count). The largest absolute Gasteiger partial charge is 0.450 e. The number of para-hydroxylation sites is 1. The van der Waals surface area contributed by atoms with Crippen molar-refractivity contribution in [2.24, 2.45) is 0 Å². The molecule has 0 spiro atoms. The molecule has 1 saturated heterocycles. The number of rotatable bonds is 7. The summed E-state index contributed by atoms with van der Waals surface area (Å²) in [4.78, 5) is 26.6. The van der Waals surface area contributed by atoms with Crippen molar-refractivity contribution in [2.75, 3.05) is 24.7 Å². The molecule has 1 amide bonds. The van der Waals surface area contributed by atoms with E-state index in [4.69, 9.17) is 9.15 Å². The number of amides is 1. The Morgan fingerprint density at radius 2 is 2.10 bits per heavy atom. The number of aryl methyl sites for hydroxylation is 1. The Morgan fingerprint density at radius 3 is 2.72 bits per heavy atom. The Hall–Kier alpha value is -2.42. The SMILES string of the molecule is CCCCN(C(=O)COC(=O)c1oc2c(F)cccc2c1C)C1CCS(=O)(=O)C1. The summed E-state index contributed by atoms with van der Waals surface area (Å²) < 4.78 is 47.9. The average molecular weight is 425 g/mol. The fourth-order valence-electron chi connectivity index (χ4n) is 3.54. The van der Waals surface area contributed by atoms with Crippen LogP contribution < -0.4 is 0 Å². The highest BCUT2D eigenvalue weighted by Gasteiger charge is 2.34. The Balaban J connectivity index is 1.70. The van der Waals surface area contributed by atoms with Crippen LogP contribution in [-0.2, 0) is 19.4 Å². The van der Waals surface area contributed by atoms with Gasteiger partial charge < -0.3 is 14.1 Å². The maximum atomic E-state index is 13.9. The van der Waals surface area contributed by atoms with Crippen molar-refractivity contribution in [3.05, 3.63) is 35.3 Å². The lowest BCUT2D eigenvalue weighted by molar-refractivity contribution is -0.136. The number of carbonyl (C=O) groups is 2. The number of furan rings is 1. The van der Waals surface area contributed by atoms with Crippen LogP contribution in [-0.4, -0.2) is 55.9 Å². The zero-order valence-electron chi connectivity index (χ0n) is 16.4. The number of hydrogen-bond acceptors (Lipinski definition) is 6. The molecule has 1 aliphatic rings. The molecule has 1 aromatic heterocycles. The molecule has 1 aliphatic heterocycles. The molecule has 0 N–H and O–H groups in total. The summed E-state index contributed by atoms with van der Waals surface area (Å²) in [5.41, 5.74) is 0.394. The van der Waals surface area contributed by atoms with Gasteiger partial charge in [0.15, 0.2) is 27.8 Å². The standard InChI is InChI=1S/C20H24FNO6S/c1-3-4-9-22(14-8-10-29(25,26)12-14)17(23)11-27-20(24)18-13(2)15-6-5-7-16(21)19(15)28-18/h5-7,14H,3-4,8-12H2,1-2H3. The lowest BCUT2D eigenvalue weighted by atomic mass is 10.1. The van der Waals surface area contributed by atoms with Gasteiger partial charge in [0.1, 0.15) is 0 Å². The predicted molar refractivity (Wildman–Crippen MR) is 105 cm³/mol. The predicted octanol–water partition coefficient (Wildman–Crippen LogP) is 2.85. The van der Waals surface area contributed by atoms with Crippen molar-refractivity contribution in [1.82, 2.24) is 4.90 Å². The van der Waals surface area contributed by atoms with Crippen molar-refractivity contribution in [3.8, 4) is 0 Å². The van der Waals surface area contributed by atoms with Crippen LogP contribution in [0.25, 0.3) is 11.0 Å². The van der Waals surface area contributed by atoms with E-state index in [1.54, 1.807) is 13.0 Å². The van der Waals surface area contributed by atoms with Gasteiger partial charge in [-0.1, -0.05) is 25.5 Å². The molecule has 2 heterocycles. The Labute approximate surface area is 168 Å². The first-order chi connectivity index (χ1) is 13.7. The minimum Gasteiger partial charge on any atom is -0.450 e. The number of esters is 1. The topological polar surface area (TPSA) is 93.9 Å². The highest BCUT2D eigenvalue weighted by molar-refractivity contribution is 7.91. The highest BCUT2D eigenvalue weighted by Crippen LogP contribution is 2.27. The molecular formula is C20H24FNO6S. The Kier molecular flexibility index (Phi) is 6.26. The van der Waals surface area contributed by atoms with E-state index in [0.29, 0.717) is 23.9 Å². The number of unbranched alkanes of at least 4 members (excludes halogenated alkanes) is 1. The highest BCUT2D eigenvalue weighted by atomic mass is 32.2. The van der Waals surface area contributed by atoms with Gasteiger partial charge in [0.2, 0.25) is 5.76 Å². The number of carbonyl (C=O) groups excluding carboxylic acids is 2. The van der Waals surface area contributed by atoms with Gasteiger partial charge in [-0.15, -0.1) is 0 Å². The van der Waals surface area contributed by atoms with Gasteiger partial charge in [-0.25, -0.2) is 17.6 Å². The number of nitrogens with zero attached hydrogens (tertiary/aromatic N) is 1. The molecule has 9 heteroatoms. The molecule has 7 nitrogen and oxygen atoms in total. The maximum Gasteiger partial charge on any atom is 0.375 e. The molecule has 1 fully saturated rings. The summed E-state index contributed by atoms with van der Waals surface area (Å²) in [6, 6.07) is 3.97.